The SMILES string of the molecule is CCn1nccc1[C@H]1OCC[C@@H]1NC(=O)c1cc(C2CC2)on1. The maximum Gasteiger partial charge on any atom is 0.273 e. The molecule has 2 atom stereocenters. The standard InChI is InChI=1S/C16H20N4O3/c1-2-20-13(5-7-17-20)15-11(6-8-22-15)18-16(21)12-9-14(23-19-12)10-3-4-10/h5,7,9-11,15H,2-4,6,8H2,1H3,(H,18,21)/t11-,15-/m0/s1. The van der Waals surface area contributed by atoms with Crippen LogP contribution in [-0.4, -0.2) is 33.5 Å². The third-order valence-electron chi connectivity index (χ3n) is 4.49. The highest BCUT2D eigenvalue weighted by Gasteiger charge is 2.34. The number of carbonyl (C=O) groups excluding carboxylic acids is 1. The molecule has 1 aliphatic carbocycles. The number of ether oxygens (including phenoxy) is 1. The highest BCUT2D eigenvalue weighted by atomic mass is 16.5. The van der Waals surface area contributed by atoms with E-state index in [1.165, 1.54) is 0 Å². The van der Waals surface area contributed by atoms with E-state index in [4.69, 9.17) is 9.26 Å². The lowest BCUT2D eigenvalue weighted by molar-refractivity contribution is 0.0783. The molecule has 2 aromatic rings. The van der Waals surface area contributed by atoms with Gasteiger partial charge in [0.25, 0.3) is 5.91 Å². The molecule has 0 aromatic carbocycles. The molecule has 2 aliphatic rings. The van der Waals surface area contributed by atoms with E-state index in [9.17, 15) is 4.79 Å². The lowest BCUT2D eigenvalue weighted by Crippen LogP contribution is -2.37. The fraction of sp³-hybridized carbons (Fsp3) is 0.562. The normalized spacial score (nSPS) is 24.0. The van der Waals surface area contributed by atoms with Crippen molar-refractivity contribution < 1.29 is 14.1 Å². The molecule has 4 rings (SSSR count). The third-order valence-corrected chi connectivity index (χ3v) is 4.49. The molecule has 122 valence electrons. The number of aromatic nitrogens is 3. The Hall–Kier alpha value is -2.15. The van der Waals surface area contributed by atoms with Crippen LogP contribution in [0.3, 0.4) is 0 Å². The summed E-state index contributed by atoms with van der Waals surface area (Å²) in [6.07, 6.45) is 4.61. The van der Waals surface area contributed by atoms with Crippen LogP contribution >= 0.6 is 0 Å². The predicted molar refractivity (Wildman–Crippen MR) is 80.9 cm³/mol. The van der Waals surface area contributed by atoms with Gasteiger partial charge in [0.1, 0.15) is 11.9 Å². The zero-order valence-electron chi connectivity index (χ0n) is 13.1. The number of aryl methyl sites for hydroxylation is 1. The summed E-state index contributed by atoms with van der Waals surface area (Å²) in [5.41, 5.74) is 1.34. The molecule has 0 radical (unpaired) electrons. The second kappa shape index (κ2) is 5.81. The predicted octanol–water partition coefficient (Wildman–Crippen LogP) is 2.03. The lowest BCUT2D eigenvalue weighted by atomic mass is 10.1. The second-order valence-electron chi connectivity index (χ2n) is 6.12. The van der Waals surface area contributed by atoms with Crippen LogP contribution in [0.5, 0.6) is 0 Å². The molecule has 2 fully saturated rings. The van der Waals surface area contributed by atoms with Crippen molar-refractivity contribution in [2.45, 2.75) is 50.8 Å². The topological polar surface area (TPSA) is 82.2 Å². The van der Waals surface area contributed by atoms with Crippen molar-refractivity contribution in [1.29, 1.82) is 0 Å². The largest absolute Gasteiger partial charge is 0.370 e. The zero-order valence-corrected chi connectivity index (χ0v) is 13.1. The van der Waals surface area contributed by atoms with Crippen molar-refractivity contribution in [2.24, 2.45) is 0 Å². The number of amides is 1. The molecule has 1 saturated heterocycles. The van der Waals surface area contributed by atoms with E-state index in [0.29, 0.717) is 18.2 Å². The molecule has 7 nitrogen and oxygen atoms in total. The van der Waals surface area contributed by atoms with Gasteiger partial charge in [-0.2, -0.15) is 5.10 Å². The highest BCUT2D eigenvalue weighted by Crippen LogP contribution is 2.40. The second-order valence-corrected chi connectivity index (χ2v) is 6.12. The minimum Gasteiger partial charge on any atom is -0.370 e. The maximum atomic E-state index is 12.4. The van der Waals surface area contributed by atoms with Crippen LogP contribution < -0.4 is 5.32 Å². The molecule has 2 aromatic heterocycles. The minimum atomic E-state index is -0.205. The molecule has 0 unspecified atom stereocenters. The number of rotatable bonds is 5. The van der Waals surface area contributed by atoms with Crippen LogP contribution in [0, 0.1) is 0 Å². The van der Waals surface area contributed by atoms with Crippen LogP contribution in [0.15, 0.2) is 22.9 Å². The Morgan fingerprint density at radius 2 is 2.30 bits per heavy atom. The monoisotopic (exact) mass is 316 g/mol. The van der Waals surface area contributed by atoms with E-state index < -0.39 is 0 Å². The van der Waals surface area contributed by atoms with Crippen molar-refractivity contribution in [2.75, 3.05) is 6.61 Å². The van der Waals surface area contributed by atoms with Crippen LogP contribution in [0.4, 0.5) is 0 Å². The fourth-order valence-corrected chi connectivity index (χ4v) is 3.08. The van der Waals surface area contributed by atoms with Crippen molar-refractivity contribution in [3.05, 3.63) is 35.5 Å². The van der Waals surface area contributed by atoms with Gasteiger partial charge in [-0.15, -0.1) is 0 Å². The van der Waals surface area contributed by atoms with E-state index in [1.807, 2.05) is 17.7 Å². The Bertz CT molecular complexity index is 704. The summed E-state index contributed by atoms with van der Waals surface area (Å²) in [5.74, 6) is 1.06. The van der Waals surface area contributed by atoms with Crippen molar-refractivity contribution in [3.8, 4) is 0 Å². The van der Waals surface area contributed by atoms with Gasteiger partial charge in [0, 0.05) is 31.3 Å². The Morgan fingerprint density at radius 1 is 1.43 bits per heavy atom. The lowest BCUT2D eigenvalue weighted by Gasteiger charge is -2.20. The first-order valence-corrected chi connectivity index (χ1v) is 8.17. The molecule has 0 bridgehead atoms. The first kappa shape index (κ1) is 14.4. The summed E-state index contributed by atoms with van der Waals surface area (Å²) >= 11 is 0. The van der Waals surface area contributed by atoms with Gasteiger partial charge >= 0.3 is 0 Å². The molecule has 1 saturated carbocycles. The summed E-state index contributed by atoms with van der Waals surface area (Å²) < 4.78 is 13.0. The van der Waals surface area contributed by atoms with Crippen molar-refractivity contribution in [1.82, 2.24) is 20.3 Å². The number of nitrogens with one attached hydrogen (secondary N) is 1. The average Bonchev–Trinajstić information content (AvgIpc) is 2.97. The summed E-state index contributed by atoms with van der Waals surface area (Å²) in [6, 6.07) is 3.62. The Labute approximate surface area is 134 Å². The molecule has 1 aliphatic heterocycles. The van der Waals surface area contributed by atoms with Gasteiger partial charge in [0.2, 0.25) is 0 Å². The first-order valence-electron chi connectivity index (χ1n) is 8.17. The minimum absolute atomic E-state index is 0.0782. The zero-order chi connectivity index (χ0) is 15.8. The van der Waals surface area contributed by atoms with E-state index in [-0.39, 0.29) is 18.1 Å². The van der Waals surface area contributed by atoms with E-state index >= 15 is 0 Å². The Balaban J connectivity index is 1.47. The van der Waals surface area contributed by atoms with Gasteiger partial charge in [-0.3, -0.25) is 9.48 Å². The first-order chi connectivity index (χ1) is 11.3. The van der Waals surface area contributed by atoms with Gasteiger partial charge in [0.05, 0.1) is 11.7 Å². The molecule has 3 heterocycles. The van der Waals surface area contributed by atoms with Gasteiger partial charge in [-0.1, -0.05) is 5.16 Å². The summed E-state index contributed by atoms with van der Waals surface area (Å²) in [4.78, 5) is 12.4. The number of carbonyl (C=O) groups is 1. The van der Waals surface area contributed by atoms with Gasteiger partial charge in [0.15, 0.2) is 5.69 Å². The molecule has 1 N–H and O–H groups in total. The fourth-order valence-electron chi connectivity index (χ4n) is 3.08. The van der Waals surface area contributed by atoms with Crippen molar-refractivity contribution >= 4 is 5.91 Å². The molecule has 0 spiro atoms. The number of hydrogen-bond donors (Lipinski definition) is 1. The summed E-state index contributed by atoms with van der Waals surface area (Å²) in [5, 5.41) is 11.2. The molecular formula is C16H20N4O3. The smallest absolute Gasteiger partial charge is 0.273 e. The van der Waals surface area contributed by atoms with Gasteiger partial charge < -0.3 is 14.6 Å². The molecule has 1 amide bonds. The Morgan fingerprint density at radius 3 is 3.09 bits per heavy atom. The highest BCUT2D eigenvalue weighted by molar-refractivity contribution is 5.92. The van der Waals surface area contributed by atoms with Gasteiger partial charge in [-0.05, 0) is 32.3 Å². The average molecular weight is 316 g/mol. The van der Waals surface area contributed by atoms with Crippen molar-refractivity contribution in [3.63, 3.8) is 0 Å². The van der Waals surface area contributed by atoms with E-state index in [0.717, 1.165) is 37.3 Å². The van der Waals surface area contributed by atoms with E-state index in [1.54, 1.807) is 12.3 Å². The third kappa shape index (κ3) is 2.76. The Kier molecular flexibility index (Phi) is 3.65. The summed E-state index contributed by atoms with van der Waals surface area (Å²) in [7, 11) is 0. The number of hydrogen-bond acceptors (Lipinski definition) is 5. The van der Waals surface area contributed by atoms with E-state index in [2.05, 4.69) is 15.6 Å². The molecular weight excluding hydrogens is 296 g/mol. The van der Waals surface area contributed by atoms with Crippen LogP contribution in [-0.2, 0) is 11.3 Å². The number of nitrogens with zero attached hydrogens (tertiary/aromatic N) is 3. The van der Waals surface area contributed by atoms with Crippen LogP contribution in [0.1, 0.15) is 60.2 Å². The summed E-state index contributed by atoms with van der Waals surface area (Å²) in [6.45, 7) is 3.43. The maximum absolute atomic E-state index is 12.4. The molecule has 7 heteroatoms. The molecule has 23 heavy (non-hydrogen) atoms. The van der Waals surface area contributed by atoms with Crippen LogP contribution in [0.2, 0.25) is 0 Å². The van der Waals surface area contributed by atoms with Crippen LogP contribution in [0.25, 0.3) is 0 Å². The van der Waals surface area contributed by atoms with Gasteiger partial charge in [-0.25, -0.2) is 0 Å². The quantitative estimate of drug-likeness (QED) is 0.912.